The Morgan fingerprint density at radius 3 is 2.64 bits per heavy atom. The molecular weight excluding hydrogens is 513 g/mol. The molecule has 4 aromatic rings. The van der Waals surface area contributed by atoms with Crippen molar-refractivity contribution in [3.8, 4) is 11.1 Å². The van der Waals surface area contributed by atoms with E-state index in [1.807, 2.05) is 37.3 Å². The first kappa shape index (κ1) is 25.8. The number of anilines is 1. The van der Waals surface area contributed by atoms with Crippen LogP contribution in [-0.2, 0) is 17.5 Å². The van der Waals surface area contributed by atoms with Crippen LogP contribution >= 0.6 is 23.4 Å². The van der Waals surface area contributed by atoms with Crippen molar-refractivity contribution in [3.63, 3.8) is 0 Å². The number of halogens is 4. The zero-order valence-corrected chi connectivity index (χ0v) is 20.7. The van der Waals surface area contributed by atoms with Crippen molar-refractivity contribution >= 4 is 46.0 Å². The third-order valence-corrected chi connectivity index (χ3v) is 6.78. The monoisotopic (exact) mass is 534 g/mol. The molecule has 0 aliphatic heterocycles. The van der Waals surface area contributed by atoms with E-state index in [0.717, 1.165) is 53.9 Å². The van der Waals surface area contributed by atoms with Crippen molar-refractivity contribution in [3.05, 3.63) is 75.7 Å². The van der Waals surface area contributed by atoms with Crippen LogP contribution in [-0.4, -0.2) is 26.2 Å². The summed E-state index contributed by atoms with van der Waals surface area (Å²) < 4.78 is 40.7. The number of nitrogens with zero attached hydrogens (tertiary/aromatic N) is 2. The standard InChI is InChI=1S/C25H22ClF3N4O2S/c1-2-3-11-33-23(35)22-21(17(13-30-22)15-7-5-4-6-8-15)32-24(33)36-14-20(34)31-19-12-16(25(27,28)29)9-10-18(19)26/h4-10,12-13,30H,2-3,11,14H2,1H3,(H,31,34). The number of amides is 1. The molecule has 1 amide bonds. The molecule has 11 heteroatoms. The Kier molecular flexibility index (Phi) is 7.75. The summed E-state index contributed by atoms with van der Waals surface area (Å²) in [6.45, 7) is 2.42. The van der Waals surface area contributed by atoms with Gasteiger partial charge in [0.05, 0.1) is 22.0 Å². The molecule has 0 bridgehead atoms. The lowest BCUT2D eigenvalue weighted by atomic mass is 10.1. The van der Waals surface area contributed by atoms with E-state index in [1.54, 1.807) is 6.20 Å². The smallest absolute Gasteiger partial charge is 0.355 e. The number of unbranched alkanes of at least 4 members (excludes halogenated alkanes) is 1. The molecule has 0 atom stereocenters. The molecule has 188 valence electrons. The number of carbonyl (C=O) groups is 1. The van der Waals surface area contributed by atoms with Crippen molar-refractivity contribution in [2.45, 2.75) is 37.6 Å². The van der Waals surface area contributed by atoms with Gasteiger partial charge in [-0.05, 0) is 30.2 Å². The van der Waals surface area contributed by atoms with Gasteiger partial charge in [-0.25, -0.2) is 4.98 Å². The van der Waals surface area contributed by atoms with Gasteiger partial charge in [0.2, 0.25) is 5.91 Å². The van der Waals surface area contributed by atoms with Gasteiger partial charge in [0.1, 0.15) is 11.0 Å². The van der Waals surface area contributed by atoms with Gasteiger partial charge in [0, 0.05) is 18.3 Å². The molecule has 2 aromatic heterocycles. The van der Waals surface area contributed by atoms with E-state index < -0.39 is 17.6 Å². The maximum Gasteiger partial charge on any atom is 0.416 e. The summed E-state index contributed by atoms with van der Waals surface area (Å²) in [5.74, 6) is -0.753. The highest BCUT2D eigenvalue weighted by Crippen LogP contribution is 2.34. The SMILES string of the molecule is CCCCn1c(SCC(=O)Nc2cc(C(F)(F)F)ccc2Cl)nc2c(-c3ccccc3)c[nH]c2c1=O. The first-order valence-electron chi connectivity index (χ1n) is 11.2. The molecule has 0 saturated heterocycles. The average molecular weight is 535 g/mol. The summed E-state index contributed by atoms with van der Waals surface area (Å²) in [4.78, 5) is 33.6. The lowest BCUT2D eigenvalue weighted by molar-refractivity contribution is -0.137. The first-order valence-corrected chi connectivity index (χ1v) is 12.5. The number of alkyl halides is 3. The Bertz CT molecular complexity index is 1450. The third-order valence-electron chi connectivity index (χ3n) is 5.47. The largest absolute Gasteiger partial charge is 0.416 e. The molecule has 0 fully saturated rings. The number of benzene rings is 2. The van der Waals surface area contributed by atoms with Gasteiger partial charge in [0.25, 0.3) is 5.56 Å². The Hall–Kier alpha value is -3.24. The van der Waals surface area contributed by atoms with Crippen LogP contribution in [0.5, 0.6) is 0 Å². The molecule has 36 heavy (non-hydrogen) atoms. The van der Waals surface area contributed by atoms with Crippen LogP contribution in [0.25, 0.3) is 22.2 Å². The number of thioether (sulfide) groups is 1. The number of H-pyrrole nitrogens is 1. The van der Waals surface area contributed by atoms with E-state index in [-0.39, 0.29) is 22.0 Å². The zero-order valence-electron chi connectivity index (χ0n) is 19.2. The molecule has 2 aromatic carbocycles. The van der Waals surface area contributed by atoms with Crippen LogP contribution in [0.1, 0.15) is 25.3 Å². The summed E-state index contributed by atoms with van der Waals surface area (Å²) >= 11 is 7.03. The minimum absolute atomic E-state index is 0.0134. The van der Waals surface area contributed by atoms with Crippen molar-refractivity contribution in [2.75, 3.05) is 11.1 Å². The maximum atomic E-state index is 13.3. The topological polar surface area (TPSA) is 79.8 Å². The molecule has 6 nitrogen and oxygen atoms in total. The van der Waals surface area contributed by atoms with E-state index in [9.17, 15) is 22.8 Å². The van der Waals surface area contributed by atoms with Gasteiger partial charge in [-0.2, -0.15) is 13.2 Å². The zero-order chi connectivity index (χ0) is 25.9. The van der Waals surface area contributed by atoms with Gasteiger partial charge in [-0.3, -0.25) is 14.2 Å². The fourth-order valence-electron chi connectivity index (χ4n) is 3.65. The highest BCUT2D eigenvalue weighted by molar-refractivity contribution is 7.99. The predicted octanol–water partition coefficient (Wildman–Crippen LogP) is 6.59. The van der Waals surface area contributed by atoms with Crippen LogP contribution < -0.4 is 10.9 Å². The Morgan fingerprint density at radius 1 is 1.19 bits per heavy atom. The van der Waals surface area contributed by atoms with Crippen molar-refractivity contribution in [1.29, 1.82) is 0 Å². The van der Waals surface area contributed by atoms with Gasteiger partial charge in [-0.1, -0.05) is 67.0 Å². The molecule has 0 saturated carbocycles. The number of aromatic amines is 1. The molecule has 0 aliphatic rings. The van der Waals surface area contributed by atoms with E-state index in [2.05, 4.69) is 10.3 Å². The fourth-order valence-corrected chi connectivity index (χ4v) is 4.63. The number of hydrogen-bond acceptors (Lipinski definition) is 4. The highest BCUT2D eigenvalue weighted by Gasteiger charge is 2.31. The number of fused-ring (bicyclic) bond motifs is 1. The summed E-state index contributed by atoms with van der Waals surface area (Å²) in [7, 11) is 0. The van der Waals surface area contributed by atoms with E-state index in [4.69, 9.17) is 16.6 Å². The second kappa shape index (κ2) is 10.8. The van der Waals surface area contributed by atoms with Crippen molar-refractivity contribution in [2.24, 2.45) is 0 Å². The third kappa shape index (κ3) is 5.60. The summed E-state index contributed by atoms with van der Waals surface area (Å²) in [6.07, 6.45) is -1.25. The molecule has 0 spiro atoms. The second-order valence-corrected chi connectivity index (χ2v) is 9.38. The first-order chi connectivity index (χ1) is 17.2. The van der Waals surface area contributed by atoms with Crippen LogP contribution in [0.4, 0.5) is 18.9 Å². The van der Waals surface area contributed by atoms with Crippen molar-refractivity contribution < 1.29 is 18.0 Å². The Morgan fingerprint density at radius 2 is 1.94 bits per heavy atom. The average Bonchev–Trinajstić information content (AvgIpc) is 3.28. The van der Waals surface area contributed by atoms with Gasteiger partial charge in [0.15, 0.2) is 5.16 Å². The van der Waals surface area contributed by atoms with Gasteiger partial charge < -0.3 is 10.3 Å². The number of hydrogen-bond donors (Lipinski definition) is 2. The Labute approximate surface area is 213 Å². The number of nitrogens with one attached hydrogen (secondary N) is 2. The lowest BCUT2D eigenvalue weighted by Crippen LogP contribution is -2.24. The van der Waals surface area contributed by atoms with Crippen LogP contribution in [0.15, 0.2) is 64.7 Å². The molecule has 4 rings (SSSR count). The van der Waals surface area contributed by atoms with E-state index >= 15 is 0 Å². The highest BCUT2D eigenvalue weighted by atomic mass is 35.5. The predicted molar refractivity (Wildman–Crippen MR) is 137 cm³/mol. The fraction of sp³-hybridized carbons (Fsp3) is 0.240. The quantitative estimate of drug-likeness (QED) is 0.197. The summed E-state index contributed by atoms with van der Waals surface area (Å²) in [6, 6.07) is 12.2. The molecule has 0 aliphatic carbocycles. The molecule has 2 heterocycles. The number of aromatic nitrogens is 3. The van der Waals surface area contributed by atoms with Gasteiger partial charge >= 0.3 is 6.18 Å². The minimum atomic E-state index is -4.57. The van der Waals surface area contributed by atoms with E-state index in [0.29, 0.717) is 22.7 Å². The number of rotatable bonds is 8. The number of carbonyl (C=O) groups excluding carboxylic acids is 1. The van der Waals surface area contributed by atoms with E-state index in [1.165, 1.54) is 4.57 Å². The van der Waals surface area contributed by atoms with Crippen molar-refractivity contribution in [1.82, 2.24) is 14.5 Å². The van der Waals surface area contributed by atoms with Crippen LogP contribution in [0.3, 0.4) is 0 Å². The lowest BCUT2D eigenvalue weighted by Gasteiger charge is -2.13. The summed E-state index contributed by atoms with van der Waals surface area (Å²) in [5.41, 5.74) is 1.19. The van der Waals surface area contributed by atoms with Crippen LogP contribution in [0, 0.1) is 0 Å². The van der Waals surface area contributed by atoms with Gasteiger partial charge in [-0.15, -0.1) is 0 Å². The molecule has 2 N–H and O–H groups in total. The Balaban J connectivity index is 1.62. The van der Waals surface area contributed by atoms with Crippen LogP contribution in [0.2, 0.25) is 5.02 Å². The maximum absolute atomic E-state index is 13.3. The molecular formula is C25H22ClF3N4O2S. The second-order valence-electron chi connectivity index (χ2n) is 8.03. The summed E-state index contributed by atoms with van der Waals surface area (Å²) in [5, 5.41) is 2.76. The minimum Gasteiger partial charge on any atom is -0.355 e. The molecule has 0 unspecified atom stereocenters. The normalized spacial score (nSPS) is 11.7. The molecule has 0 radical (unpaired) electrons.